The first-order chi connectivity index (χ1) is 13.1. The summed E-state index contributed by atoms with van der Waals surface area (Å²) < 4.78 is 80.2. The minimum absolute atomic E-state index is 0.00822. The molecule has 0 spiro atoms. The molecule has 4 rings (SSSR count). The van der Waals surface area contributed by atoms with E-state index in [0.29, 0.717) is 22.6 Å². The molecule has 0 amide bonds. The minimum Gasteiger partial charge on any atom is -0.454 e. The molecule has 0 saturated carbocycles. The topological polar surface area (TPSA) is 21.7 Å². The van der Waals surface area contributed by atoms with Gasteiger partial charge >= 0.3 is 6.18 Å². The average Bonchev–Trinajstić information content (AvgIpc) is 3.01. The molecule has 28 heavy (non-hydrogen) atoms. The van der Waals surface area contributed by atoms with Gasteiger partial charge in [0.05, 0.1) is 12.6 Å². The van der Waals surface area contributed by atoms with Crippen LogP contribution in [-0.4, -0.2) is 30.5 Å². The predicted molar refractivity (Wildman–Crippen MR) is 94.4 cm³/mol. The third kappa shape index (κ3) is 3.45. The van der Waals surface area contributed by atoms with E-state index < -0.39 is 42.0 Å². The van der Waals surface area contributed by atoms with Crippen molar-refractivity contribution >= 4 is 15.9 Å². The second-order valence-corrected chi connectivity index (χ2v) is 7.85. The lowest BCUT2D eigenvalue weighted by molar-refractivity contribution is -0.155. The number of benzene rings is 2. The van der Waals surface area contributed by atoms with Crippen LogP contribution in [0.3, 0.4) is 0 Å². The van der Waals surface area contributed by atoms with E-state index >= 15 is 0 Å². The number of fused-ring (bicyclic) bond motifs is 2. The summed E-state index contributed by atoms with van der Waals surface area (Å²) in [6.45, 7) is 0.314. The first-order valence-corrected chi connectivity index (χ1v) is 9.32. The summed E-state index contributed by atoms with van der Waals surface area (Å²) in [5, 5.41) is 0. The van der Waals surface area contributed by atoms with Crippen molar-refractivity contribution in [1.82, 2.24) is 4.90 Å². The summed E-state index contributed by atoms with van der Waals surface area (Å²) >= 11 is 3.01. The molecule has 9 heteroatoms. The number of rotatable bonds is 2. The minimum atomic E-state index is -4.53. The predicted octanol–water partition coefficient (Wildman–Crippen LogP) is 5.35. The summed E-state index contributed by atoms with van der Waals surface area (Å²) in [6.07, 6.45) is -4.24. The van der Waals surface area contributed by atoms with E-state index in [2.05, 4.69) is 15.9 Å². The Balaban J connectivity index is 1.93. The molecule has 0 radical (unpaired) electrons. The molecule has 0 bridgehead atoms. The fraction of sp³-hybridized carbons (Fsp3) is 0.368. The summed E-state index contributed by atoms with van der Waals surface area (Å²) in [7, 11) is 0. The van der Waals surface area contributed by atoms with Gasteiger partial charge in [0.1, 0.15) is 11.6 Å². The molecule has 2 aromatic carbocycles. The number of nitrogens with zero attached hydrogens (tertiary/aromatic N) is 1. The van der Waals surface area contributed by atoms with Crippen LogP contribution in [-0.2, 0) is 6.42 Å². The maximum atomic E-state index is 14.8. The Morgan fingerprint density at radius 1 is 1.07 bits per heavy atom. The molecule has 0 fully saturated rings. The highest BCUT2D eigenvalue weighted by atomic mass is 79.9. The largest absolute Gasteiger partial charge is 0.454 e. The molecule has 150 valence electrons. The SMILES string of the molecule is C[C@@H]1Cc2cc3c(cc2[C@@H](c2c(F)cc(Br)cc2F)N1CC(F)(F)F)OCO3. The Hall–Kier alpha value is -1.87. The molecule has 0 aromatic heterocycles. The molecule has 3 nitrogen and oxygen atoms in total. The van der Waals surface area contributed by atoms with Crippen LogP contribution < -0.4 is 9.47 Å². The fourth-order valence-electron chi connectivity index (χ4n) is 3.89. The number of ether oxygens (including phenoxy) is 2. The van der Waals surface area contributed by atoms with Gasteiger partial charge in [0.2, 0.25) is 6.79 Å². The smallest absolute Gasteiger partial charge is 0.401 e. The molecule has 2 aliphatic heterocycles. The fourth-order valence-corrected chi connectivity index (χ4v) is 4.29. The highest BCUT2D eigenvalue weighted by Crippen LogP contribution is 2.46. The Bertz CT molecular complexity index is 910. The lowest BCUT2D eigenvalue weighted by Gasteiger charge is -2.42. The van der Waals surface area contributed by atoms with E-state index in [1.165, 1.54) is 6.07 Å². The molecule has 0 unspecified atom stereocenters. The van der Waals surface area contributed by atoms with E-state index in [1.807, 2.05) is 0 Å². The van der Waals surface area contributed by atoms with Crippen molar-refractivity contribution < 1.29 is 31.4 Å². The summed E-state index contributed by atoms with van der Waals surface area (Å²) in [5.41, 5.74) is 0.646. The van der Waals surface area contributed by atoms with Crippen LogP contribution in [0, 0.1) is 11.6 Å². The number of hydrogen-bond donors (Lipinski definition) is 0. The van der Waals surface area contributed by atoms with Crippen molar-refractivity contribution in [2.75, 3.05) is 13.3 Å². The Morgan fingerprint density at radius 2 is 1.68 bits per heavy atom. The molecule has 2 heterocycles. The van der Waals surface area contributed by atoms with Crippen LogP contribution in [0.4, 0.5) is 22.0 Å². The lowest BCUT2D eigenvalue weighted by atomic mass is 9.84. The van der Waals surface area contributed by atoms with Gasteiger partial charge in [0, 0.05) is 16.1 Å². The maximum absolute atomic E-state index is 14.8. The van der Waals surface area contributed by atoms with E-state index in [0.717, 1.165) is 17.0 Å². The van der Waals surface area contributed by atoms with E-state index in [-0.39, 0.29) is 17.7 Å². The first kappa shape index (κ1) is 19.4. The third-order valence-corrected chi connectivity index (χ3v) is 5.48. The van der Waals surface area contributed by atoms with E-state index in [1.54, 1.807) is 13.0 Å². The van der Waals surface area contributed by atoms with E-state index in [9.17, 15) is 22.0 Å². The highest BCUT2D eigenvalue weighted by Gasteiger charge is 2.43. The molecular weight excluding hydrogens is 449 g/mol. The highest BCUT2D eigenvalue weighted by molar-refractivity contribution is 9.10. The van der Waals surface area contributed by atoms with Crippen molar-refractivity contribution in [2.24, 2.45) is 0 Å². The summed E-state index contributed by atoms with van der Waals surface area (Å²) in [5.74, 6) is -1.00. The van der Waals surface area contributed by atoms with Crippen molar-refractivity contribution in [2.45, 2.75) is 31.6 Å². The third-order valence-electron chi connectivity index (χ3n) is 5.02. The van der Waals surface area contributed by atoms with Gasteiger partial charge < -0.3 is 9.47 Å². The van der Waals surface area contributed by atoms with Crippen LogP contribution >= 0.6 is 15.9 Å². The molecular formula is C19H15BrF5NO2. The van der Waals surface area contributed by atoms with Gasteiger partial charge in [-0.05, 0) is 48.7 Å². The van der Waals surface area contributed by atoms with Gasteiger partial charge in [0.15, 0.2) is 11.5 Å². The van der Waals surface area contributed by atoms with Gasteiger partial charge in [-0.25, -0.2) is 8.78 Å². The van der Waals surface area contributed by atoms with Gasteiger partial charge in [-0.2, -0.15) is 13.2 Å². The molecule has 2 atom stereocenters. The van der Waals surface area contributed by atoms with Gasteiger partial charge in [-0.15, -0.1) is 0 Å². The van der Waals surface area contributed by atoms with Crippen LogP contribution in [0.25, 0.3) is 0 Å². The zero-order chi connectivity index (χ0) is 20.2. The molecule has 2 aliphatic rings. The van der Waals surface area contributed by atoms with Gasteiger partial charge in [0.25, 0.3) is 0 Å². The normalized spacial score (nSPS) is 21.7. The van der Waals surface area contributed by atoms with Crippen molar-refractivity contribution in [3.63, 3.8) is 0 Å². The van der Waals surface area contributed by atoms with Gasteiger partial charge in [-0.3, -0.25) is 4.90 Å². The zero-order valence-electron chi connectivity index (χ0n) is 14.6. The Kier molecular flexibility index (Phi) is 4.78. The quantitative estimate of drug-likeness (QED) is 0.560. The Morgan fingerprint density at radius 3 is 2.29 bits per heavy atom. The first-order valence-electron chi connectivity index (χ1n) is 8.53. The van der Waals surface area contributed by atoms with Crippen LogP contribution in [0.1, 0.15) is 29.7 Å². The standard InChI is InChI=1S/C19H15BrF5NO2/c1-9-2-10-3-15-16(28-8-27-15)6-12(10)18(26(9)7-19(23,24)25)17-13(21)4-11(20)5-14(17)22/h3-6,9,18H,2,7-8H2,1H3/t9-,18+/m1/s1. The monoisotopic (exact) mass is 463 g/mol. The van der Waals surface area contributed by atoms with Gasteiger partial charge in [-0.1, -0.05) is 15.9 Å². The van der Waals surface area contributed by atoms with Crippen LogP contribution in [0.2, 0.25) is 0 Å². The number of hydrogen-bond acceptors (Lipinski definition) is 3. The molecule has 0 aliphatic carbocycles. The summed E-state index contributed by atoms with van der Waals surface area (Å²) in [4.78, 5) is 1.08. The molecule has 2 aromatic rings. The van der Waals surface area contributed by atoms with Crippen molar-refractivity contribution in [1.29, 1.82) is 0 Å². The number of alkyl halides is 3. The maximum Gasteiger partial charge on any atom is 0.401 e. The van der Waals surface area contributed by atoms with Crippen molar-refractivity contribution in [3.05, 3.63) is 57.1 Å². The lowest BCUT2D eigenvalue weighted by Crippen LogP contribution is -2.47. The van der Waals surface area contributed by atoms with Crippen LogP contribution in [0.5, 0.6) is 11.5 Å². The van der Waals surface area contributed by atoms with E-state index in [4.69, 9.17) is 9.47 Å². The average molecular weight is 464 g/mol. The number of halogens is 6. The molecule has 0 N–H and O–H groups in total. The van der Waals surface area contributed by atoms with Crippen LogP contribution in [0.15, 0.2) is 28.7 Å². The summed E-state index contributed by atoms with van der Waals surface area (Å²) in [6, 6.07) is 3.47. The Labute approximate surface area is 166 Å². The van der Waals surface area contributed by atoms with Crippen molar-refractivity contribution in [3.8, 4) is 11.5 Å². The second kappa shape index (κ2) is 6.88. The zero-order valence-corrected chi connectivity index (χ0v) is 16.2. The molecule has 0 saturated heterocycles. The second-order valence-electron chi connectivity index (χ2n) is 6.93.